The van der Waals surface area contributed by atoms with E-state index in [-0.39, 0.29) is 0 Å². The van der Waals surface area contributed by atoms with E-state index in [1.807, 2.05) is 12.1 Å². The SMILES string of the molecule is COc1ccc(CN2CCCC(c3nnc(CN4CCOCC4)n3C)C2)cc1. The van der Waals surface area contributed by atoms with Gasteiger partial charge in [0.15, 0.2) is 0 Å². The second-order valence-corrected chi connectivity index (χ2v) is 7.84. The number of morpholine rings is 1. The average molecular weight is 386 g/mol. The van der Waals surface area contributed by atoms with E-state index < -0.39 is 0 Å². The molecule has 2 fully saturated rings. The van der Waals surface area contributed by atoms with Crippen molar-refractivity contribution in [2.75, 3.05) is 46.5 Å². The zero-order valence-electron chi connectivity index (χ0n) is 17.0. The fourth-order valence-electron chi connectivity index (χ4n) is 4.23. The Kier molecular flexibility index (Phi) is 6.24. The molecule has 2 aliphatic rings. The molecule has 2 aliphatic heterocycles. The van der Waals surface area contributed by atoms with Crippen molar-refractivity contribution in [1.29, 1.82) is 0 Å². The van der Waals surface area contributed by atoms with Gasteiger partial charge in [0, 0.05) is 39.1 Å². The van der Waals surface area contributed by atoms with E-state index in [2.05, 4.69) is 43.7 Å². The van der Waals surface area contributed by atoms with Gasteiger partial charge in [-0.2, -0.15) is 0 Å². The summed E-state index contributed by atoms with van der Waals surface area (Å²) in [5.74, 6) is 3.54. The van der Waals surface area contributed by atoms with Gasteiger partial charge in [-0.05, 0) is 37.1 Å². The molecule has 0 saturated carbocycles. The van der Waals surface area contributed by atoms with Crippen LogP contribution in [-0.4, -0.2) is 71.1 Å². The van der Waals surface area contributed by atoms with E-state index in [4.69, 9.17) is 9.47 Å². The van der Waals surface area contributed by atoms with E-state index >= 15 is 0 Å². The van der Waals surface area contributed by atoms with Gasteiger partial charge in [0.05, 0.1) is 26.9 Å². The Morgan fingerprint density at radius 3 is 2.57 bits per heavy atom. The number of hydrogen-bond donors (Lipinski definition) is 0. The molecule has 7 nitrogen and oxygen atoms in total. The lowest BCUT2D eigenvalue weighted by atomic mass is 9.96. The summed E-state index contributed by atoms with van der Waals surface area (Å²) in [6.45, 7) is 7.58. The number of rotatable bonds is 6. The van der Waals surface area contributed by atoms with E-state index in [9.17, 15) is 0 Å². The summed E-state index contributed by atoms with van der Waals surface area (Å²) >= 11 is 0. The van der Waals surface area contributed by atoms with Crippen molar-refractivity contribution in [1.82, 2.24) is 24.6 Å². The van der Waals surface area contributed by atoms with Gasteiger partial charge < -0.3 is 14.0 Å². The maximum absolute atomic E-state index is 5.44. The van der Waals surface area contributed by atoms with Crippen LogP contribution in [-0.2, 0) is 24.9 Å². The van der Waals surface area contributed by atoms with Gasteiger partial charge in [-0.3, -0.25) is 9.80 Å². The molecule has 7 heteroatoms. The van der Waals surface area contributed by atoms with Gasteiger partial charge in [0.2, 0.25) is 0 Å². The lowest BCUT2D eigenvalue weighted by Crippen LogP contribution is -2.36. The number of likely N-dealkylation sites (tertiary alicyclic amines) is 1. The Balaban J connectivity index is 1.38. The first-order chi connectivity index (χ1) is 13.7. The van der Waals surface area contributed by atoms with E-state index in [1.54, 1.807) is 7.11 Å². The first-order valence-electron chi connectivity index (χ1n) is 10.3. The van der Waals surface area contributed by atoms with Crippen LogP contribution in [0.1, 0.15) is 36.0 Å². The molecule has 2 saturated heterocycles. The Hall–Kier alpha value is -1.96. The molecule has 1 aromatic heterocycles. The number of hydrogen-bond acceptors (Lipinski definition) is 6. The number of aromatic nitrogens is 3. The predicted molar refractivity (Wildman–Crippen MR) is 107 cm³/mol. The number of piperidine rings is 1. The molecule has 1 aromatic carbocycles. The first kappa shape index (κ1) is 19.4. The van der Waals surface area contributed by atoms with Crippen LogP contribution < -0.4 is 4.74 Å². The molecule has 0 radical (unpaired) electrons. The van der Waals surface area contributed by atoms with Crippen LogP contribution >= 0.6 is 0 Å². The van der Waals surface area contributed by atoms with Gasteiger partial charge in [-0.25, -0.2) is 0 Å². The van der Waals surface area contributed by atoms with Crippen molar-refractivity contribution in [3.05, 3.63) is 41.5 Å². The number of methoxy groups -OCH3 is 1. The average Bonchev–Trinajstić information content (AvgIpc) is 3.10. The van der Waals surface area contributed by atoms with Crippen LogP contribution in [0.3, 0.4) is 0 Å². The van der Waals surface area contributed by atoms with E-state index in [0.717, 1.165) is 69.9 Å². The molecule has 3 heterocycles. The topological polar surface area (TPSA) is 55.6 Å². The number of nitrogens with zero attached hydrogens (tertiary/aromatic N) is 5. The standard InChI is InChI=1S/C21H31N5O2/c1-24-20(16-25-10-12-28-13-11-25)22-23-21(24)18-4-3-9-26(15-18)14-17-5-7-19(27-2)8-6-17/h5-8,18H,3-4,9-16H2,1-2H3. The van der Waals surface area contributed by atoms with Crippen LogP contribution in [0.25, 0.3) is 0 Å². The summed E-state index contributed by atoms with van der Waals surface area (Å²) < 4.78 is 12.9. The van der Waals surface area contributed by atoms with Crippen molar-refractivity contribution >= 4 is 0 Å². The van der Waals surface area contributed by atoms with E-state index in [1.165, 1.54) is 18.4 Å². The molecule has 2 aromatic rings. The molecule has 0 bridgehead atoms. The molecule has 0 N–H and O–H groups in total. The second-order valence-electron chi connectivity index (χ2n) is 7.84. The maximum atomic E-state index is 5.44. The molecule has 4 rings (SSSR count). The van der Waals surface area contributed by atoms with Crippen molar-refractivity contribution in [3.63, 3.8) is 0 Å². The van der Waals surface area contributed by atoms with Crippen LogP contribution in [0.15, 0.2) is 24.3 Å². The third kappa shape index (κ3) is 4.54. The third-order valence-electron chi connectivity index (χ3n) is 5.90. The summed E-state index contributed by atoms with van der Waals surface area (Å²) in [5, 5.41) is 9.09. The van der Waals surface area contributed by atoms with Crippen molar-refractivity contribution < 1.29 is 9.47 Å². The van der Waals surface area contributed by atoms with Crippen LogP contribution in [0.2, 0.25) is 0 Å². The highest BCUT2D eigenvalue weighted by molar-refractivity contribution is 5.27. The molecule has 152 valence electrons. The quantitative estimate of drug-likeness (QED) is 0.759. The summed E-state index contributed by atoms with van der Waals surface area (Å²) in [5.41, 5.74) is 1.33. The first-order valence-corrected chi connectivity index (χ1v) is 10.3. The fourth-order valence-corrected chi connectivity index (χ4v) is 4.23. The zero-order chi connectivity index (χ0) is 19.3. The molecule has 28 heavy (non-hydrogen) atoms. The van der Waals surface area contributed by atoms with Crippen molar-refractivity contribution in [2.45, 2.75) is 31.8 Å². The van der Waals surface area contributed by atoms with Gasteiger partial charge in [-0.1, -0.05) is 12.1 Å². The highest BCUT2D eigenvalue weighted by Gasteiger charge is 2.26. The molecule has 1 atom stereocenters. The fraction of sp³-hybridized carbons (Fsp3) is 0.619. The van der Waals surface area contributed by atoms with Crippen molar-refractivity contribution in [2.24, 2.45) is 7.05 Å². The summed E-state index contributed by atoms with van der Waals surface area (Å²) in [7, 11) is 3.83. The minimum absolute atomic E-state index is 0.447. The highest BCUT2D eigenvalue weighted by Crippen LogP contribution is 2.27. The predicted octanol–water partition coefficient (Wildman–Crippen LogP) is 2.04. The lowest BCUT2D eigenvalue weighted by molar-refractivity contribution is 0.0326. The van der Waals surface area contributed by atoms with Gasteiger partial charge in [0.25, 0.3) is 0 Å². The second kappa shape index (κ2) is 9.03. The molecule has 1 unspecified atom stereocenters. The minimum Gasteiger partial charge on any atom is -0.497 e. The minimum atomic E-state index is 0.447. The Morgan fingerprint density at radius 2 is 1.82 bits per heavy atom. The molecule has 0 spiro atoms. The zero-order valence-corrected chi connectivity index (χ0v) is 17.0. The molecule has 0 aliphatic carbocycles. The summed E-state index contributed by atoms with van der Waals surface area (Å²) in [6, 6.07) is 8.39. The number of ether oxygens (including phenoxy) is 2. The monoisotopic (exact) mass is 385 g/mol. The van der Waals surface area contributed by atoms with Crippen LogP contribution in [0, 0.1) is 0 Å². The Labute approximate surface area is 167 Å². The maximum Gasteiger partial charge on any atom is 0.146 e. The third-order valence-corrected chi connectivity index (χ3v) is 5.90. The largest absolute Gasteiger partial charge is 0.497 e. The van der Waals surface area contributed by atoms with Gasteiger partial charge in [0.1, 0.15) is 17.4 Å². The van der Waals surface area contributed by atoms with Crippen molar-refractivity contribution in [3.8, 4) is 5.75 Å². The van der Waals surface area contributed by atoms with Crippen LogP contribution in [0.4, 0.5) is 0 Å². The van der Waals surface area contributed by atoms with Crippen LogP contribution in [0.5, 0.6) is 5.75 Å². The normalized spacial score (nSPS) is 21.7. The molecular formula is C21H31N5O2. The van der Waals surface area contributed by atoms with Gasteiger partial charge >= 0.3 is 0 Å². The lowest BCUT2D eigenvalue weighted by Gasteiger charge is -2.32. The number of benzene rings is 1. The molecule has 0 amide bonds. The smallest absolute Gasteiger partial charge is 0.146 e. The Bertz CT molecular complexity index is 755. The van der Waals surface area contributed by atoms with Gasteiger partial charge in [-0.15, -0.1) is 10.2 Å². The molecular weight excluding hydrogens is 354 g/mol. The summed E-state index contributed by atoms with van der Waals surface area (Å²) in [6.07, 6.45) is 2.38. The van der Waals surface area contributed by atoms with E-state index in [0.29, 0.717) is 5.92 Å². The summed E-state index contributed by atoms with van der Waals surface area (Å²) in [4.78, 5) is 4.93. The highest BCUT2D eigenvalue weighted by atomic mass is 16.5. The Morgan fingerprint density at radius 1 is 1.04 bits per heavy atom.